The summed E-state index contributed by atoms with van der Waals surface area (Å²) in [5.41, 5.74) is 1.64. The number of amides is 1. The van der Waals surface area contributed by atoms with E-state index in [1.54, 1.807) is 67.8 Å². The minimum atomic E-state index is -0.899. The van der Waals surface area contributed by atoms with Gasteiger partial charge in [-0.05, 0) is 54.4 Å². The fraction of sp³-hybridized carbons (Fsp3) is 0.207. The van der Waals surface area contributed by atoms with Gasteiger partial charge in [0.2, 0.25) is 0 Å². The Morgan fingerprint density at radius 3 is 2.39 bits per heavy atom. The molecule has 9 heteroatoms. The van der Waals surface area contributed by atoms with Crippen LogP contribution in [0.2, 0.25) is 0 Å². The second-order valence-electron chi connectivity index (χ2n) is 8.65. The van der Waals surface area contributed by atoms with Crippen molar-refractivity contribution >= 4 is 44.1 Å². The molecule has 0 bridgehead atoms. The molecule has 1 fully saturated rings. The number of hydrogen-bond acceptors (Lipinski definition) is 8. The van der Waals surface area contributed by atoms with E-state index in [0.29, 0.717) is 45.6 Å². The quantitative estimate of drug-likeness (QED) is 0.177. The maximum absolute atomic E-state index is 13.5. The lowest BCUT2D eigenvalue weighted by Crippen LogP contribution is -2.29. The smallest absolute Gasteiger partial charge is 0.301 e. The first-order chi connectivity index (χ1) is 18.4. The van der Waals surface area contributed by atoms with Crippen LogP contribution in [0.5, 0.6) is 17.2 Å². The van der Waals surface area contributed by atoms with Crippen molar-refractivity contribution < 1.29 is 28.9 Å². The van der Waals surface area contributed by atoms with Crippen LogP contribution < -0.4 is 19.1 Å². The van der Waals surface area contributed by atoms with Crippen LogP contribution in [0.4, 0.5) is 5.13 Å². The molecule has 1 aliphatic heterocycles. The van der Waals surface area contributed by atoms with Crippen molar-refractivity contribution in [3.63, 3.8) is 0 Å². The number of benzene rings is 3. The predicted molar refractivity (Wildman–Crippen MR) is 146 cm³/mol. The van der Waals surface area contributed by atoms with Gasteiger partial charge in [-0.3, -0.25) is 14.5 Å². The van der Waals surface area contributed by atoms with Gasteiger partial charge in [-0.1, -0.05) is 42.5 Å². The van der Waals surface area contributed by atoms with Crippen LogP contribution in [-0.4, -0.2) is 42.6 Å². The molecule has 5 rings (SSSR count). The predicted octanol–water partition coefficient (Wildman–Crippen LogP) is 5.73. The van der Waals surface area contributed by atoms with E-state index in [2.05, 4.69) is 4.98 Å². The van der Waals surface area contributed by atoms with Crippen molar-refractivity contribution in [2.75, 3.05) is 25.7 Å². The van der Waals surface area contributed by atoms with E-state index in [0.717, 1.165) is 11.1 Å². The summed E-state index contributed by atoms with van der Waals surface area (Å²) < 4.78 is 17.1. The van der Waals surface area contributed by atoms with Crippen molar-refractivity contribution in [3.05, 3.63) is 83.4 Å². The number of aromatic nitrogens is 1. The lowest BCUT2D eigenvalue weighted by molar-refractivity contribution is -0.132. The Hall–Kier alpha value is -4.37. The number of thiazole rings is 1. The first-order valence-electron chi connectivity index (χ1n) is 12.1. The van der Waals surface area contributed by atoms with Gasteiger partial charge in [0.1, 0.15) is 23.0 Å². The zero-order chi connectivity index (χ0) is 26.8. The zero-order valence-corrected chi connectivity index (χ0v) is 22.0. The normalized spacial score (nSPS) is 16.7. The number of carbonyl (C=O) groups is 2. The van der Waals surface area contributed by atoms with E-state index < -0.39 is 17.7 Å². The number of ketones is 1. The molecule has 2 heterocycles. The molecule has 8 nitrogen and oxygen atoms in total. The van der Waals surface area contributed by atoms with E-state index in [1.165, 1.54) is 23.3 Å². The number of aliphatic hydroxyl groups excluding tert-OH is 1. The Kier molecular flexibility index (Phi) is 7.02. The largest absolute Gasteiger partial charge is 0.507 e. The molecule has 0 saturated carbocycles. The van der Waals surface area contributed by atoms with E-state index >= 15 is 0 Å². The molecule has 1 aliphatic rings. The molecular weight excluding hydrogens is 504 g/mol. The Bertz CT molecular complexity index is 1540. The summed E-state index contributed by atoms with van der Waals surface area (Å²) in [6, 6.07) is 18.4. The van der Waals surface area contributed by atoms with Crippen molar-refractivity contribution in [2.45, 2.75) is 19.4 Å². The summed E-state index contributed by atoms with van der Waals surface area (Å²) in [6.45, 7) is 2.59. The summed E-state index contributed by atoms with van der Waals surface area (Å²) in [6.07, 6.45) is 0.866. The summed E-state index contributed by atoms with van der Waals surface area (Å²) in [7, 11) is 3.09. The SMILES string of the molecule is CCCOc1ccc(C2/C(=C(\O)c3cccc(OC)c3)C(=O)C(=O)N2c2nc3ccc(OC)cc3s2)cc1. The monoisotopic (exact) mass is 530 g/mol. The van der Waals surface area contributed by atoms with Crippen LogP contribution >= 0.6 is 11.3 Å². The van der Waals surface area contributed by atoms with Crippen LogP contribution in [0, 0.1) is 0 Å². The fourth-order valence-electron chi connectivity index (χ4n) is 4.36. The number of methoxy groups -OCH3 is 2. The first kappa shape index (κ1) is 25.3. The van der Waals surface area contributed by atoms with Gasteiger partial charge in [-0.15, -0.1) is 0 Å². The third-order valence-corrected chi connectivity index (χ3v) is 7.26. The molecule has 38 heavy (non-hydrogen) atoms. The van der Waals surface area contributed by atoms with Crippen LogP contribution in [0.3, 0.4) is 0 Å². The second-order valence-corrected chi connectivity index (χ2v) is 9.66. The topological polar surface area (TPSA) is 98.2 Å². The molecule has 1 amide bonds. The molecule has 1 N–H and O–H groups in total. The number of ether oxygens (including phenoxy) is 3. The molecule has 0 radical (unpaired) electrons. The van der Waals surface area contributed by atoms with E-state index in [9.17, 15) is 14.7 Å². The zero-order valence-electron chi connectivity index (χ0n) is 21.1. The van der Waals surface area contributed by atoms with E-state index in [1.807, 2.05) is 13.0 Å². The van der Waals surface area contributed by atoms with Gasteiger partial charge < -0.3 is 19.3 Å². The second kappa shape index (κ2) is 10.5. The Morgan fingerprint density at radius 2 is 1.68 bits per heavy atom. The minimum Gasteiger partial charge on any atom is -0.507 e. The highest BCUT2D eigenvalue weighted by Crippen LogP contribution is 2.45. The standard InChI is InChI=1S/C29H26N2O6S/c1-4-14-37-19-10-8-17(9-11-19)25-24(26(32)18-6-5-7-20(15-18)35-2)27(33)28(34)31(25)29-30-22-13-12-21(36-3)16-23(22)38-29/h5-13,15-16,25,32H,4,14H2,1-3H3/b26-24+. The number of carbonyl (C=O) groups excluding carboxylic acids is 2. The lowest BCUT2D eigenvalue weighted by Gasteiger charge is -2.23. The molecule has 4 aromatic rings. The average molecular weight is 531 g/mol. The summed E-state index contributed by atoms with van der Waals surface area (Å²) in [5.74, 6) is -0.00381. The van der Waals surface area contributed by atoms with Gasteiger partial charge in [0.15, 0.2) is 5.13 Å². The van der Waals surface area contributed by atoms with Crippen molar-refractivity contribution in [2.24, 2.45) is 0 Å². The Morgan fingerprint density at radius 1 is 0.974 bits per heavy atom. The van der Waals surface area contributed by atoms with Crippen LogP contribution in [0.1, 0.15) is 30.5 Å². The first-order valence-corrected chi connectivity index (χ1v) is 12.9. The summed E-state index contributed by atoms with van der Waals surface area (Å²) in [5, 5.41) is 11.7. The number of nitrogens with zero attached hydrogens (tertiary/aromatic N) is 2. The molecule has 1 unspecified atom stereocenters. The van der Waals surface area contributed by atoms with Gasteiger partial charge in [-0.25, -0.2) is 4.98 Å². The highest BCUT2D eigenvalue weighted by Gasteiger charge is 2.48. The van der Waals surface area contributed by atoms with E-state index in [-0.39, 0.29) is 11.3 Å². The number of hydrogen-bond donors (Lipinski definition) is 1. The minimum absolute atomic E-state index is 0.0256. The number of aliphatic hydroxyl groups is 1. The molecule has 0 spiro atoms. The average Bonchev–Trinajstić information content (AvgIpc) is 3.49. The van der Waals surface area contributed by atoms with Crippen LogP contribution in [-0.2, 0) is 9.59 Å². The third-order valence-electron chi connectivity index (χ3n) is 6.25. The van der Waals surface area contributed by atoms with Gasteiger partial charge in [0, 0.05) is 5.56 Å². The highest BCUT2D eigenvalue weighted by molar-refractivity contribution is 7.22. The molecule has 1 aromatic heterocycles. The molecule has 3 aromatic carbocycles. The van der Waals surface area contributed by atoms with Crippen molar-refractivity contribution in [1.82, 2.24) is 4.98 Å². The fourth-order valence-corrected chi connectivity index (χ4v) is 5.38. The third kappa shape index (κ3) is 4.56. The van der Waals surface area contributed by atoms with Crippen molar-refractivity contribution in [3.8, 4) is 17.2 Å². The molecule has 1 saturated heterocycles. The van der Waals surface area contributed by atoms with Gasteiger partial charge in [0.05, 0.1) is 42.7 Å². The number of Topliss-reactive ketones (excluding diaryl/α,β-unsaturated/α-hetero) is 1. The maximum Gasteiger partial charge on any atom is 0.301 e. The Labute approximate surface area is 223 Å². The van der Waals surface area contributed by atoms with Crippen molar-refractivity contribution in [1.29, 1.82) is 0 Å². The number of fused-ring (bicyclic) bond motifs is 1. The van der Waals surface area contributed by atoms with E-state index in [4.69, 9.17) is 14.2 Å². The molecule has 0 aliphatic carbocycles. The van der Waals surface area contributed by atoms with Gasteiger partial charge in [-0.2, -0.15) is 0 Å². The molecule has 194 valence electrons. The molecule has 1 atom stereocenters. The van der Waals surface area contributed by atoms with Crippen LogP contribution in [0.25, 0.3) is 16.0 Å². The Balaban J connectivity index is 1.67. The van der Waals surface area contributed by atoms with Crippen LogP contribution in [0.15, 0.2) is 72.3 Å². The maximum atomic E-state index is 13.5. The van der Waals surface area contributed by atoms with Gasteiger partial charge >= 0.3 is 5.91 Å². The number of anilines is 1. The summed E-state index contributed by atoms with van der Waals surface area (Å²) >= 11 is 1.27. The lowest BCUT2D eigenvalue weighted by atomic mass is 9.95. The number of rotatable bonds is 8. The molecular formula is C29H26N2O6S. The summed E-state index contributed by atoms with van der Waals surface area (Å²) in [4.78, 5) is 33.0. The van der Waals surface area contributed by atoms with Gasteiger partial charge in [0.25, 0.3) is 5.78 Å². The highest BCUT2D eigenvalue weighted by atomic mass is 32.1.